The van der Waals surface area contributed by atoms with Crippen LogP contribution in [0.5, 0.6) is 0 Å². The highest BCUT2D eigenvalue weighted by molar-refractivity contribution is 7.02. The minimum absolute atomic E-state index is 0.164. The van der Waals surface area contributed by atoms with Gasteiger partial charge in [-0.2, -0.15) is 0 Å². The summed E-state index contributed by atoms with van der Waals surface area (Å²) in [7, 11) is 0. The Morgan fingerprint density at radius 3 is 1.03 bits per heavy atom. The molecule has 0 unspecified atom stereocenters. The molecule has 0 saturated heterocycles. The Balaban J connectivity index is 0.985. The van der Waals surface area contributed by atoms with Crippen molar-refractivity contribution in [2.24, 2.45) is 0 Å². The quantitative estimate of drug-likeness (QED) is 0.126. The van der Waals surface area contributed by atoms with Gasteiger partial charge in [-0.3, -0.25) is 0 Å². The van der Waals surface area contributed by atoms with E-state index in [4.69, 9.17) is 0 Å². The van der Waals surface area contributed by atoms with Crippen molar-refractivity contribution in [3.05, 3.63) is 344 Å². The molecule has 0 aromatic heterocycles. The standard InChI is InChI=1S/C83H60B2N6/c1-83(2)68-48-28-27-47-67(68)81-82(83)85-71-55-70-73(56-74(71)90(63-43-23-9-24-44-63)77-53-66(54-78(80(77)85)91(81)64-45-25-10-26-46-64)87(59-35-15-5-16-36-59)60-37-17-6-18-38-60)89(62-41-21-8-22-42-62)76-52-65(86(57-31-11-3-12-32-57)58-33-13-4-14-34-58)51-75-79(76)84(70)69-49-29-30-50-72(69)88(75)61-39-19-7-20-40-61/h3-56H,1-2H3. The summed E-state index contributed by atoms with van der Waals surface area (Å²) in [6.45, 7) is 4.62. The second-order valence-electron chi connectivity index (χ2n) is 24.8. The Morgan fingerprint density at radius 2 is 0.593 bits per heavy atom. The lowest BCUT2D eigenvalue weighted by Gasteiger charge is -2.48. The molecular formula is C83H60B2N6. The molecule has 13 aromatic carbocycles. The third-order valence-corrected chi connectivity index (χ3v) is 19.5. The van der Waals surface area contributed by atoms with E-state index in [1.165, 1.54) is 49.6 Å². The molecule has 0 spiro atoms. The van der Waals surface area contributed by atoms with E-state index in [9.17, 15) is 0 Å². The summed E-state index contributed by atoms with van der Waals surface area (Å²) >= 11 is 0. The van der Waals surface area contributed by atoms with Gasteiger partial charge in [0.05, 0.1) is 11.4 Å². The van der Waals surface area contributed by atoms with Crippen molar-refractivity contribution in [2.45, 2.75) is 19.3 Å². The van der Waals surface area contributed by atoms with Crippen LogP contribution in [0.1, 0.15) is 25.0 Å². The Labute approximate surface area is 532 Å². The number of anilines is 17. The highest BCUT2D eigenvalue weighted by Gasteiger charge is 2.55. The average molecular weight is 1160 g/mol. The normalized spacial score (nSPS) is 14.2. The molecule has 0 saturated carbocycles. The number of hydrogen-bond donors (Lipinski definition) is 0. The summed E-state index contributed by atoms with van der Waals surface area (Å²) in [4.78, 5) is 15.2. The maximum Gasteiger partial charge on any atom is 0.252 e. The number of fused-ring (bicyclic) bond motifs is 9. The zero-order chi connectivity index (χ0) is 60.3. The first kappa shape index (κ1) is 52.6. The lowest BCUT2D eigenvalue weighted by molar-refractivity contribution is 0.666. The molecule has 428 valence electrons. The molecule has 0 bridgehead atoms. The van der Waals surface area contributed by atoms with Gasteiger partial charge in [-0.15, -0.1) is 0 Å². The van der Waals surface area contributed by atoms with Crippen LogP contribution in [0, 0.1) is 0 Å². The zero-order valence-corrected chi connectivity index (χ0v) is 50.5. The molecule has 91 heavy (non-hydrogen) atoms. The number of nitrogens with zero attached hydrogens (tertiary/aromatic N) is 6. The Morgan fingerprint density at radius 1 is 0.264 bits per heavy atom. The third kappa shape index (κ3) is 8.08. The van der Waals surface area contributed by atoms with Crippen LogP contribution in [-0.2, 0) is 5.41 Å². The third-order valence-electron chi connectivity index (χ3n) is 19.5. The monoisotopic (exact) mass is 1160 g/mol. The predicted molar refractivity (Wildman–Crippen MR) is 385 cm³/mol. The molecule has 1 aliphatic carbocycles. The summed E-state index contributed by atoms with van der Waals surface area (Å²) < 4.78 is 0. The second kappa shape index (κ2) is 20.8. The van der Waals surface area contributed by atoms with E-state index in [-0.39, 0.29) is 18.8 Å². The fourth-order valence-corrected chi connectivity index (χ4v) is 15.8. The van der Waals surface area contributed by atoms with Gasteiger partial charge in [0.15, 0.2) is 0 Å². The van der Waals surface area contributed by atoms with Crippen molar-refractivity contribution in [2.75, 3.05) is 29.4 Å². The zero-order valence-electron chi connectivity index (χ0n) is 50.5. The minimum Gasteiger partial charge on any atom is -0.311 e. The van der Waals surface area contributed by atoms with Gasteiger partial charge in [0.25, 0.3) is 6.71 Å². The smallest absolute Gasteiger partial charge is 0.252 e. The molecule has 8 heteroatoms. The Bertz CT molecular complexity index is 4920. The first-order valence-electron chi connectivity index (χ1n) is 31.7. The lowest BCUT2D eigenvalue weighted by Crippen LogP contribution is -2.64. The van der Waals surface area contributed by atoms with Crippen molar-refractivity contribution in [3.8, 4) is 0 Å². The Kier molecular flexibility index (Phi) is 12.0. The number of rotatable bonds is 10. The molecule has 18 rings (SSSR count). The van der Waals surface area contributed by atoms with E-state index >= 15 is 0 Å². The van der Waals surface area contributed by atoms with E-state index in [0.29, 0.717) is 0 Å². The maximum absolute atomic E-state index is 2.67. The van der Waals surface area contributed by atoms with Crippen molar-refractivity contribution < 1.29 is 0 Å². The predicted octanol–water partition coefficient (Wildman–Crippen LogP) is 18.5. The van der Waals surface area contributed by atoms with Crippen molar-refractivity contribution in [1.82, 2.24) is 0 Å². The number of para-hydroxylation sites is 9. The molecule has 4 aliphatic heterocycles. The van der Waals surface area contributed by atoms with Gasteiger partial charge in [-0.25, -0.2) is 0 Å². The van der Waals surface area contributed by atoms with Gasteiger partial charge in [-0.05, 0) is 166 Å². The molecular weight excluding hydrogens is 1100 g/mol. The first-order chi connectivity index (χ1) is 45.0. The highest BCUT2D eigenvalue weighted by atomic mass is 15.2. The molecule has 6 nitrogen and oxygen atoms in total. The van der Waals surface area contributed by atoms with Crippen LogP contribution in [0.15, 0.2) is 333 Å². The number of allylic oxidation sites excluding steroid dienone is 1. The van der Waals surface area contributed by atoms with Gasteiger partial charge in [-0.1, -0.05) is 213 Å². The number of benzene rings is 13. The highest BCUT2D eigenvalue weighted by Crippen LogP contribution is 2.58. The summed E-state index contributed by atoms with van der Waals surface area (Å²) in [5, 5.41) is 0. The fourth-order valence-electron chi connectivity index (χ4n) is 15.8. The summed E-state index contributed by atoms with van der Waals surface area (Å²) in [6.07, 6.45) is 0. The minimum atomic E-state index is -0.386. The van der Waals surface area contributed by atoms with Crippen LogP contribution >= 0.6 is 0 Å². The fraction of sp³-hybridized carbons (Fsp3) is 0.0361. The maximum atomic E-state index is 2.67. The van der Waals surface area contributed by atoms with Gasteiger partial charge < -0.3 is 29.4 Å². The molecule has 0 radical (unpaired) electrons. The van der Waals surface area contributed by atoms with E-state index < -0.39 is 0 Å². The SMILES string of the molecule is CC1(C)C2=C(c3ccccc31)N(c1ccccc1)c1cc(N(c3ccccc3)c3ccccc3)cc3c1B2c1cc2c(cc1N3c1ccccc1)N(c1ccccc1)c1cc(N(c3ccccc3)c3ccccc3)cc3c1B2c1ccccc1N3c1ccccc1. The van der Waals surface area contributed by atoms with E-state index in [0.717, 1.165) is 96.7 Å². The molecule has 0 atom stereocenters. The van der Waals surface area contributed by atoms with Gasteiger partial charge >= 0.3 is 0 Å². The Hall–Kier alpha value is -11.5. The van der Waals surface area contributed by atoms with Crippen LogP contribution < -0.4 is 56.7 Å². The first-order valence-corrected chi connectivity index (χ1v) is 31.7. The van der Waals surface area contributed by atoms with Crippen LogP contribution in [-0.4, -0.2) is 13.4 Å². The lowest BCUT2D eigenvalue weighted by atomic mass is 9.28. The van der Waals surface area contributed by atoms with Crippen molar-refractivity contribution in [3.63, 3.8) is 0 Å². The van der Waals surface area contributed by atoms with Gasteiger partial charge in [0.1, 0.15) is 0 Å². The van der Waals surface area contributed by atoms with E-state index in [1.54, 1.807) is 0 Å². The largest absolute Gasteiger partial charge is 0.311 e. The van der Waals surface area contributed by atoms with Crippen LogP contribution in [0.25, 0.3) is 5.70 Å². The summed E-state index contributed by atoms with van der Waals surface area (Å²) in [6, 6.07) is 121. The molecule has 13 aromatic rings. The van der Waals surface area contributed by atoms with Gasteiger partial charge in [0, 0.05) is 102 Å². The second-order valence-corrected chi connectivity index (χ2v) is 24.8. The summed E-state index contributed by atoms with van der Waals surface area (Å²) in [5.41, 5.74) is 30.1. The van der Waals surface area contributed by atoms with E-state index in [2.05, 4.69) is 371 Å². The van der Waals surface area contributed by atoms with Crippen LogP contribution in [0.3, 0.4) is 0 Å². The topological polar surface area (TPSA) is 19.4 Å². The van der Waals surface area contributed by atoms with Crippen LogP contribution in [0.2, 0.25) is 0 Å². The molecule has 0 fully saturated rings. The molecule has 0 N–H and O–H groups in total. The molecule has 4 heterocycles. The number of hydrogen-bond acceptors (Lipinski definition) is 6. The summed E-state index contributed by atoms with van der Waals surface area (Å²) in [5.74, 6) is 0. The van der Waals surface area contributed by atoms with Crippen molar-refractivity contribution >= 4 is 143 Å². The van der Waals surface area contributed by atoms with Gasteiger partial charge in [0.2, 0.25) is 6.71 Å². The van der Waals surface area contributed by atoms with E-state index in [1.807, 2.05) is 0 Å². The average Bonchev–Trinajstić information content (AvgIpc) is 1.08. The molecule has 5 aliphatic rings. The molecule has 0 amide bonds. The van der Waals surface area contributed by atoms with Crippen molar-refractivity contribution in [1.29, 1.82) is 0 Å². The van der Waals surface area contributed by atoms with Crippen LogP contribution in [0.4, 0.5) is 96.7 Å².